The van der Waals surface area contributed by atoms with Gasteiger partial charge in [-0.1, -0.05) is 111 Å². The number of amides is 6. The summed E-state index contributed by atoms with van der Waals surface area (Å²) in [7, 11) is 6.27. The van der Waals surface area contributed by atoms with Gasteiger partial charge < -0.3 is 45.2 Å². The van der Waals surface area contributed by atoms with Crippen molar-refractivity contribution < 1.29 is 43.3 Å². The molecule has 1 aliphatic carbocycles. The molecule has 10 atom stereocenters. The number of allylic oxidation sites excluding steroid dienone is 2. The van der Waals surface area contributed by atoms with Crippen molar-refractivity contribution in [2.45, 2.75) is 175 Å². The number of nitrogens with zero attached hydrogens (tertiary/aromatic N) is 3. The molecule has 3 rings (SSSR count). The van der Waals surface area contributed by atoms with Crippen LogP contribution in [0.25, 0.3) is 0 Å². The highest BCUT2D eigenvalue weighted by Crippen LogP contribution is 2.33. The third-order valence-corrected chi connectivity index (χ3v) is 13.7. The Kier molecular flexibility index (Phi) is 25.9. The van der Waals surface area contributed by atoms with Gasteiger partial charge in [0.25, 0.3) is 0 Å². The summed E-state index contributed by atoms with van der Waals surface area (Å²) in [6, 6.07) is 6.81. The lowest BCUT2D eigenvalue weighted by atomic mass is 9.78. The fraction of sp³-hybridized carbons (Fsp3) is 0.731. The number of likely N-dealkylation sites (N-methyl/N-ethyl adjacent to an activating group) is 2. The van der Waals surface area contributed by atoms with Crippen LogP contribution in [0.3, 0.4) is 0 Å². The van der Waals surface area contributed by atoms with Gasteiger partial charge in [-0.05, 0) is 69.3 Å². The second-order valence-corrected chi connectivity index (χ2v) is 19.4. The summed E-state index contributed by atoms with van der Waals surface area (Å²) in [4.78, 5) is 86.4. The van der Waals surface area contributed by atoms with Gasteiger partial charge in [0.15, 0.2) is 0 Å². The van der Waals surface area contributed by atoms with Gasteiger partial charge in [0.1, 0.15) is 6.04 Å². The van der Waals surface area contributed by atoms with E-state index in [0.717, 1.165) is 38.5 Å². The van der Waals surface area contributed by atoms with E-state index < -0.39 is 53.7 Å². The number of methoxy groups -OCH3 is 2. The molecule has 15 nitrogen and oxygen atoms in total. The molecular formula is C52H88N6O9. The fourth-order valence-electron chi connectivity index (χ4n) is 9.44. The van der Waals surface area contributed by atoms with Crippen LogP contribution in [0.15, 0.2) is 42.5 Å². The lowest BCUT2D eigenvalue weighted by molar-refractivity contribution is -0.146. The zero-order chi connectivity index (χ0) is 50.4. The van der Waals surface area contributed by atoms with E-state index in [2.05, 4.69) is 41.9 Å². The number of likely N-dealkylation sites (tertiary alicyclic amines) is 1. The number of rotatable bonds is 23. The topological polar surface area (TPSA) is 187 Å². The Bertz CT molecular complexity index is 1730. The monoisotopic (exact) mass is 941 g/mol. The molecule has 1 heterocycles. The average Bonchev–Trinajstić information content (AvgIpc) is 3.79. The molecule has 1 aliphatic heterocycles. The molecule has 0 aromatic heterocycles. The van der Waals surface area contributed by atoms with Gasteiger partial charge in [-0.3, -0.25) is 28.8 Å². The Morgan fingerprint density at radius 2 is 1.49 bits per heavy atom. The Morgan fingerprint density at radius 1 is 0.851 bits per heavy atom. The van der Waals surface area contributed by atoms with Crippen molar-refractivity contribution in [1.82, 2.24) is 30.7 Å². The van der Waals surface area contributed by atoms with E-state index in [1.54, 1.807) is 49.9 Å². The highest BCUT2D eigenvalue weighted by atomic mass is 16.5. The number of carbonyl (C=O) groups excluding carboxylic acids is 6. The summed E-state index contributed by atoms with van der Waals surface area (Å²) in [5.74, 6) is -2.67. The van der Waals surface area contributed by atoms with Crippen LogP contribution in [0.4, 0.5) is 0 Å². The normalized spacial score (nSPS) is 21.3. The van der Waals surface area contributed by atoms with Crippen LogP contribution in [0, 0.1) is 23.2 Å². The van der Waals surface area contributed by atoms with Crippen LogP contribution in [0.1, 0.15) is 145 Å². The summed E-state index contributed by atoms with van der Waals surface area (Å²) >= 11 is 0. The van der Waals surface area contributed by atoms with E-state index in [4.69, 9.17) is 9.47 Å². The number of aliphatic hydroxyl groups excluding tert-OH is 1. The molecule has 1 aromatic rings. The molecule has 1 fully saturated rings. The summed E-state index contributed by atoms with van der Waals surface area (Å²) in [5, 5.41) is 19.5. The molecule has 0 bridgehead atoms. The summed E-state index contributed by atoms with van der Waals surface area (Å²) in [6.07, 6.45) is 9.63. The van der Waals surface area contributed by atoms with Gasteiger partial charge >= 0.3 is 0 Å². The number of benzene rings is 1. The average molecular weight is 941 g/mol. The molecule has 6 amide bonds. The van der Waals surface area contributed by atoms with Crippen molar-refractivity contribution >= 4 is 35.4 Å². The fourth-order valence-corrected chi connectivity index (χ4v) is 9.44. The van der Waals surface area contributed by atoms with Crippen LogP contribution in [-0.2, 0) is 38.2 Å². The predicted octanol–water partition coefficient (Wildman–Crippen LogP) is 6.19. The number of ether oxygens (including phenoxy) is 2. The Morgan fingerprint density at radius 3 is 2.09 bits per heavy atom. The maximum absolute atomic E-state index is 14.2. The number of hydrogen-bond donors (Lipinski definition) is 4. The number of aliphatic hydroxyl groups is 1. The molecule has 0 saturated carbocycles. The molecular weight excluding hydrogens is 853 g/mol. The second kappa shape index (κ2) is 29.5. The Balaban J connectivity index is 0.00000499. The maximum atomic E-state index is 14.2. The van der Waals surface area contributed by atoms with E-state index in [1.807, 2.05) is 52.8 Å². The first-order valence-corrected chi connectivity index (χ1v) is 24.8. The molecule has 0 spiro atoms. The number of carbonyl (C=O) groups is 6. The van der Waals surface area contributed by atoms with Crippen molar-refractivity contribution in [2.24, 2.45) is 23.2 Å². The molecule has 4 N–H and O–H groups in total. The zero-order valence-corrected chi connectivity index (χ0v) is 43.3. The zero-order valence-electron chi connectivity index (χ0n) is 43.3. The van der Waals surface area contributed by atoms with E-state index in [9.17, 15) is 33.9 Å². The molecule has 2 aliphatic rings. The first-order valence-electron chi connectivity index (χ1n) is 24.8. The molecule has 1 aromatic carbocycles. The van der Waals surface area contributed by atoms with Gasteiger partial charge in [-0.15, -0.1) is 0 Å². The van der Waals surface area contributed by atoms with Crippen molar-refractivity contribution in [1.29, 1.82) is 0 Å². The summed E-state index contributed by atoms with van der Waals surface area (Å²) in [5.41, 5.74) is 0.199. The van der Waals surface area contributed by atoms with Gasteiger partial charge in [-0.25, -0.2) is 0 Å². The van der Waals surface area contributed by atoms with Gasteiger partial charge in [-0.2, -0.15) is 0 Å². The minimum atomic E-state index is -0.900. The van der Waals surface area contributed by atoms with Crippen LogP contribution in [-0.4, -0.2) is 140 Å². The summed E-state index contributed by atoms with van der Waals surface area (Å²) < 4.78 is 11.9. The predicted molar refractivity (Wildman–Crippen MR) is 263 cm³/mol. The SMILES string of the molecule is CCC.CC[C@H](C)C(C(CC(=O)N1CCCC1C(OC)C(C)C(=O)NC(C)C(O)c1ccccc1)OC)N(C)C(=O)CNC(=O)C(C(C)C)N(C)C(=O)CCNC(=O)C1(C)CC/C=C/CCC1. The molecule has 0 radical (unpaired) electrons. The lowest BCUT2D eigenvalue weighted by Crippen LogP contribution is -2.56. The van der Waals surface area contributed by atoms with E-state index in [0.29, 0.717) is 24.9 Å². The summed E-state index contributed by atoms with van der Waals surface area (Å²) in [6.45, 7) is 17.7. The van der Waals surface area contributed by atoms with E-state index in [1.165, 1.54) is 25.5 Å². The second-order valence-electron chi connectivity index (χ2n) is 19.4. The number of hydrogen-bond acceptors (Lipinski definition) is 9. The van der Waals surface area contributed by atoms with Crippen molar-refractivity contribution in [2.75, 3.05) is 47.9 Å². The number of nitrogens with one attached hydrogen (secondary N) is 3. The van der Waals surface area contributed by atoms with Gasteiger partial charge in [0.2, 0.25) is 35.4 Å². The highest BCUT2D eigenvalue weighted by Gasteiger charge is 2.42. The smallest absolute Gasteiger partial charge is 0.243 e. The van der Waals surface area contributed by atoms with Crippen LogP contribution >= 0.6 is 0 Å². The molecule has 380 valence electrons. The van der Waals surface area contributed by atoms with Gasteiger partial charge in [0.05, 0.1) is 55.3 Å². The first kappa shape index (κ1) is 58.8. The lowest BCUT2D eigenvalue weighted by Gasteiger charge is -2.39. The largest absolute Gasteiger partial charge is 0.386 e. The third-order valence-electron chi connectivity index (χ3n) is 13.7. The van der Waals surface area contributed by atoms with Crippen molar-refractivity contribution in [3.63, 3.8) is 0 Å². The van der Waals surface area contributed by atoms with E-state index in [-0.39, 0.29) is 73.3 Å². The molecule has 9 unspecified atom stereocenters. The van der Waals surface area contributed by atoms with Crippen molar-refractivity contribution in [3.05, 3.63) is 48.0 Å². The standard InChI is InChI=1S/C49H80N6O9.C3H8/c1-12-33(4)43(38(63-10)30-40(57)55-29-21-24-37(55)45(64-11)34(5)46(60)52-35(6)44(59)36-22-17-16-18-23-36)54(9)41(58)31-51-47(61)42(32(2)3)53(8)39(56)25-28-50-48(62)49(7)26-19-14-13-15-20-27-49;1-3-2/h13-14,16-18,22-23,32-35,37-38,42-45,59H,12,15,19-21,24-31H2,1-11H3,(H,50,62)(H,51,61)(H,52,60);3H2,1-2H3/b14-13+;/t33-,34?,35?,37?,38?,42?,43?,44?,45?,49?;/m0./s1. The van der Waals surface area contributed by atoms with Crippen LogP contribution < -0.4 is 16.0 Å². The van der Waals surface area contributed by atoms with E-state index >= 15 is 0 Å². The first-order chi connectivity index (χ1) is 31.7. The van der Waals surface area contributed by atoms with Crippen LogP contribution in [0.5, 0.6) is 0 Å². The molecule has 1 saturated heterocycles. The molecule has 67 heavy (non-hydrogen) atoms. The molecule has 15 heteroatoms. The minimum absolute atomic E-state index is 0.0251. The quantitative estimate of drug-likeness (QED) is 0.0929. The van der Waals surface area contributed by atoms with Gasteiger partial charge in [0, 0.05) is 53.2 Å². The van der Waals surface area contributed by atoms with Crippen LogP contribution in [0.2, 0.25) is 0 Å². The Labute approximate surface area is 402 Å². The third kappa shape index (κ3) is 17.3. The highest BCUT2D eigenvalue weighted by molar-refractivity contribution is 5.91. The minimum Gasteiger partial charge on any atom is -0.386 e. The van der Waals surface area contributed by atoms with Crippen molar-refractivity contribution in [3.8, 4) is 0 Å². The maximum Gasteiger partial charge on any atom is 0.243 e. The Hall–Kier alpha value is -4.34.